The van der Waals surface area contributed by atoms with Crippen molar-refractivity contribution < 1.29 is 4.74 Å². The third-order valence-corrected chi connectivity index (χ3v) is 3.13. The predicted molar refractivity (Wildman–Crippen MR) is 77.1 cm³/mol. The maximum Gasteiger partial charge on any atom is 0.123 e. The standard InChI is InChI=1S/C15H26N2O/c1-5-16-13(2)10-11-17(3)12-14-8-6-7-9-15(14)18-4/h6-9,13,16H,5,10-12H2,1-4H3. The van der Waals surface area contributed by atoms with Gasteiger partial charge in [0.25, 0.3) is 0 Å². The van der Waals surface area contributed by atoms with Crippen LogP contribution in [0.5, 0.6) is 5.75 Å². The molecule has 0 aromatic heterocycles. The molecule has 0 radical (unpaired) electrons. The van der Waals surface area contributed by atoms with Gasteiger partial charge < -0.3 is 15.0 Å². The van der Waals surface area contributed by atoms with E-state index >= 15 is 0 Å². The predicted octanol–water partition coefficient (Wildman–Crippen LogP) is 2.52. The number of hydrogen-bond donors (Lipinski definition) is 1. The minimum atomic E-state index is 0.579. The van der Waals surface area contributed by atoms with Crippen LogP contribution in [0.1, 0.15) is 25.8 Å². The van der Waals surface area contributed by atoms with Gasteiger partial charge in [-0.25, -0.2) is 0 Å². The van der Waals surface area contributed by atoms with E-state index in [-0.39, 0.29) is 0 Å². The van der Waals surface area contributed by atoms with Crippen molar-refractivity contribution in [3.8, 4) is 5.75 Å². The first kappa shape index (κ1) is 15.0. The van der Waals surface area contributed by atoms with Gasteiger partial charge in [-0.2, -0.15) is 0 Å². The van der Waals surface area contributed by atoms with E-state index in [4.69, 9.17) is 4.74 Å². The molecule has 0 saturated carbocycles. The molecule has 0 spiro atoms. The van der Waals surface area contributed by atoms with Crippen LogP contribution in [0.4, 0.5) is 0 Å². The highest BCUT2D eigenvalue weighted by molar-refractivity contribution is 5.32. The minimum absolute atomic E-state index is 0.579. The van der Waals surface area contributed by atoms with Gasteiger partial charge in [0.05, 0.1) is 7.11 Å². The van der Waals surface area contributed by atoms with Gasteiger partial charge in [-0.3, -0.25) is 0 Å². The highest BCUT2D eigenvalue weighted by Crippen LogP contribution is 2.18. The maximum atomic E-state index is 5.37. The van der Waals surface area contributed by atoms with E-state index in [1.165, 1.54) is 12.0 Å². The molecule has 1 unspecified atom stereocenters. The van der Waals surface area contributed by atoms with E-state index in [2.05, 4.69) is 43.2 Å². The van der Waals surface area contributed by atoms with E-state index in [9.17, 15) is 0 Å². The Kier molecular flexibility index (Phi) is 6.76. The van der Waals surface area contributed by atoms with Gasteiger partial charge in [0.2, 0.25) is 0 Å². The van der Waals surface area contributed by atoms with E-state index < -0.39 is 0 Å². The van der Waals surface area contributed by atoms with Gasteiger partial charge in [0.1, 0.15) is 5.75 Å². The number of hydrogen-bond acceptors (Lipinski definition) is 3. The lowest BCUT2D eigenvalue weighted by molar-refractivity contribution is 0.298. The van der Waals surface area contributed by atoms with Gasteiger partial charge in [0, 0.05) is 18.2 Å². The Bertz CT molecular complexity index is 341. The molecule has 0 fully saturated rings. The summed E-state index contributed by atoms with van der Waals surface area (Å²) in [5, 5.41) is 3.44. The largest absolute Gasteiger partial charge is 0.496 e. The lowest BCUT2D eigenvalue weighted by Gasteiger charge is -2.20. The quantitative estimate of drug-likeness (QED) is 0.767. The molecular weight excluding hydrogens is 224 g/mol. The maximum absolute atomic E-state index is 5.37. The van der Waals surface area contributed by atoms with Crippen LogP contribution in [0, 0.1) is 0 Å². The van der Waals surface area contributed by atoms with Crippen LogP contribution in [0.15, 0.2) is 24.3 Å². The molecule has 3 nitrogen and oxygen atoms in total. The van der Waals surface area contributed by atoms with Crippen molar-refractivity contribution >= 4 is 0 Å². The topological polar surface area (TPSA) is 24.5 Å². The number of nitrogens with one attached hydrogen (secondary N) is 1. The third-order valence-electron chi connectivity index (χ3n) is 3.13. The highest BCUT2D eigenvalue weighted by Gasteiger charge is 2.07. The Labute approximate surface area is 111 Å². The first-order valence-electron chi connectivity index (χ1n) is 6.71. The van der Waals surface area contributed by atoms with Crippen molar-refractivity contribution in [1.29, 1.82) is 0 Å². The number of rotatable bonds is 8. The van der Waals surface area contributed by atoms with Crippen molar-refractivity contribution in [2.24, 2.45) is 0 Å². The van der Waals surface area contributed by atoms with Gasteiger partial charge >= 0.3 is 0 Å². The zero-order valence-corrected chi connectivity index (χ0v) is 12.1. The smallest absolute Gasteiger partial charge is 0.123 e. The molecule has 1 atom stereocenters. The van der Waals surface area contributed by atoms with Crippen LogP contribution in [-0.2, 0) is 6.54 Å². The summed E-state index contributed by atoms with van der Waals surface area (Å²) in [5.41, 5.74) is 1.25. The molecular formula is C15H26N2O. The number of nitrogens with zero attached hydrogens (tertiary/aromatic N) is 1. The second-order valence-corrected chi connectivity index (χ2v) is 4.80. The summed E-state index contributed by atoms with van der Waals surface area (Å²) in [7, 11) is 3.89. The van der Waals surface area contributed by atoms with Gasteiger partial charge in [-0.1, -0.05) is 25.1 Å². The van der Waals surface area contributed by atoms with Crippen LogP contribution in [0.3, 0.4) is 0 Å². The summed E-state index contributed by atoms with van der Waals surface area (Å²) in [4.78, 5) is 2.34. The second kappa shape index (κ2) is 8.11. The summed E-state index contributed by atoms with van der Waals surface area (Å²) in [6, 6.07) is 8.80. The molecule has 0 amide bonds. The summed E-state index contributed by atoms with van der Waals surface area (Å²) < 4.78 is 5.37. The molecule has 1 aromatic carbocycles. The Morgan fingerprint density at radius 1 is 1.33 bits per heavy atom. The van der Waals surface area contributed by atoms with Crippen LogP contribution < -0.4 is 10.1 Å². The molecule has 102 valence electrons. The highest BCUT2D eigenvalue weighted by atomic mass is 16.5. The fraction of sp³-hybridized carbons (Fsp3) is 0.600. The third kappa shape index (κ3) is 5.07. The van der Waals surface area contributed by atoms with Crippen molar-refractivity contribution in [3.05, 3.63) is 29.8 Å². The SMILES string of the molecule is CCNC(C)CCN(C)Cc1ccccc1OC. The van der Waals surface area contributed by atoms with Gasteiger partial charge in [-0.05, 0) is 39.5 Å². The second-order valence-electron chi connectivity index (χ2n) is 4.80. The fourth-order valence-corrected chi connectivity index (χ4v) is 2.07. The molecule has 0 aliphatic rings. The number of methoxy groups -OCH3 is 1. The van der Waals surface area contributed by atoms with Gasteiger partial charge in [0.15, 0.2) is 0 Å². The molecule has 18 heavy (non-hydrogen) atoms. The van der Waals surface area contributed by atoms with Crippen molar-refractivity contribution in [3.63, 3.8) is 0 Å². The molecule has 3 heteroatoms. The molecule has 0 bridgehead atoms. The average Bonchev–Trinajstić information content (AvgIpc) is 2.37. The molecule has 1 N–H and O–H groups in total. The van der Waals surface area contributed by atoms with E-state index in [0.29, 0.717) is 6.04 Å². The Morgan fingerprint density at radius 3 is 2.72 bits per heavy atom. The molecule has 0 aliphatic carbocycles. The normalized spacial score (nSPS) is 12.7. The summed E-state index contributed by atoms with van der Waals surface area (Å²) in [6.45, 7) is 7.45. The fourth-order valence-electron chi connectivity index (χ4n) is 2.07. The summed E-state index contributed by atoms with van der Waals surface area (Å²) in [6.07, 6.45) is 1.17. The van der Waals surface area contributed by atoms with Crippen molar-refractivity contribution in [2.45, 2.75) is 32.9 Å². The number of ether oxygens (including phenoxy) is 1. The molecule has 1 rings (SSSR count). The molecule has 0 aliphatic heterocycles. The lowest BCUT2D eigenvalue weighted by Crippen LogP contribution is -2.30. The number of para-hydroxylation sites is 1. The van der Waals surface area contributed by atoms with Gasteiger partial charge in [-0.15, -0.1) is 0 Å². The molecule has 0 heterocycles. The zero-order chi connectivity index (χ0) is 13.4. The lowest BCUT2D eigenvalue weighted by atomic mass is 10.1. The van der Waals surface area contributed by atoms with E-state index in [0.717, 1.165) is 25.4 Å². The minimum Gasteiger partial charge on any atom is -0.496 e. The zero-order valence-electron chi connectivity index (χ0n) is 12.1. The van der Waals surface area contributed by atoms with Crippen molar-refractivity contribution in [2.75, 3.05) is 27.2 Å². The first-order valence-corrected chi connectivity index (χ1v) is 6.71. The Hall–Kier alpha value is -1.06. The monoisotopic (exact) mass is 250 g/mol. The van der Waals surface area contributed by atoms with Crippen LogP contribution in [0.25, 0.3) is 0 Å². The van der Waals surface area contributed by atoms with Crippen LogP contribution in [-0.4, -0.2) is 38.2 Å². The Morgan fingerprint density at radius 2 is 2.06 bits per heavy atom. The summed E-state index contributed by atoms with van der Waals surface area (Å²) >= 11 is 0. The Balaban J connectivity index is 2.41. The summed E-state index contributed by atoms with van der Waals surface area (Å²) in [5.74, 6) is 0.976. The van der Waals surface area contributed by atoms with E-state index in [1.807, 2.05) is 12.1 Å². The average molecular weight is 250 g/mol. The first-order chi connectivity index (χ1) is 8.67. The van der Waals surface area contributed by atoms with Crippen LogP contribution >= 0.6 is 0 Å². The van der Waals surface area contributed by atoms with E-state index in [1.54, 1.807) is 7.11 Å². The van der Waals surface area contributed by atoms with Crippen LogP contribution in [0.2, 0.25) is 0 Å². The number of benzene rings is 1. The van der Waals surface area contributed by atoms with Crippen molar-refractivity contribution in [1.82, 2.24) is 10.2 Å². The molecule has 1 aromatic rings. The molecule has 0 saturated heterocycles.